The first-order chi connectivity index (χ1) is 12.0. The Hall–Kier alpha value is -1.92. The summed E-state index contributed by atoms with van der Waals surface area (Å²) in [5, 5.41) is 0. The van der Waals surface area contributed by atoms with Crippen LogP contribution in [0, 0.1) is 13.8 Å². The van der Waals surface area contributed by atoms with Gasteiger partial charge in [0.1, 0.15) is 6.61 Å². The van der Waals surface area contributed by atoms with Crippen molar-refractivity contribution in [3.8, 4) is 0 Å². The van der Waals surface area contributed by atoms with Gasteiger partial charge in [-0.15, -0.1) is 0 Å². The molecule has 0 bridgehead atoms. The summed E-state index contributed by atoms with van der Waals surface area (Å²) in [6, 6.07) is 5.80. The molecule has 1 heterocycles. The fourth-order valence-corrected chi connectivity index (χ4v) is 2.82. The fraction of sp³-hybridized carbons (Fsp3) is 0.579. The highest BCUT2D eigenvalue weighted by molar-refractivity contribution is 5.94. The number of benzene rings is 1. The van der Waals surface area contributed by atoms with E-state index in [1.807, 2.05) is 36.9 Å². The summed E-state index contributed by atoms with van der Waals surface area (Å²) >= 11 is 0. The van der Waals surface area contributed by atoms with E-state index in [1.165, 1.54) is 5.56 Å². The number of nitrogens with zero attached hydrogens (tertiary/aromatic N) is 2. The van der Waals surface area contributed by atoms with Gasteiger partial charge in [-0.2, -0.15) is 0 Å². The monoisotopic (exact) mass is 348 g/mol. The summed E-state index contributed by atoms with van der Waals surface area (Å²) in [6.07, 6.45) is 0.778. The van der Waals surface area contributed by atoms with Crippen LogP contribution >= 0.6 is 0 Å². The predicted octanol–water partition coefficient (Wildman–Crippen LogP) is 1.64. The van der Waals surface area contributed by atoms with Gasteiger partial charge >= 0.3 is 0 Å². The van der Waals surface area contributed by atoms with Crippen LogP contribution in [0.5, 0.6) is 0 Å². The Labute approximate surface area is 149 Å². The van der Waals surface area contributed by atoms with Gasteiger partial charge in [-0.25, -0.2) is 0 Å². The quantitative estimate of drug-likeness (QED) is 0.734. The average molecular weight is 348 g/mol. The zero-order valence-electron chi connectivity index (χ0n) is 15.4. The second-order valence-corrected chi connectivity index (χ2v) is 6.37. The molecule has 1 saturated heterocycles. The summed E-state index contributed by atoms with van der Waals surface area (Å²) < 4.78 is 10.2. The largest absolute Gasteiger partial charge is 0.382 e. The second-order valence-electron chi connectivity index (χ2n) is 6.37. The topological polar surface area (TPSA) is 59.1 Å². The maximum atomic E-state index is 12.7. The number of rotatable bonds is 6. The molecule has 1 aromatic rings. The molecule has 25 heavy (non-hydrogen) atoms. The minimum Gasteiger partial charge on any atom is -0.382 e. The molecule has 1 fully saturated rings. The molecule has 1 aromatic carbocycles. The Morgan fingerprint density at radius 2 is 1.72 bits per heavy atom. The summed E-state index contributed by atoms with van der Waals surface area (Å²) in [5.74, 6) is 0.00493. The summed E-state index contributed by atoms with van der Waals surface area (Å²) in [6.45, 7) is 7.42. The minimum absolute atomic E-state index is 0.0309. The van der Waals surface area contributed by atoms with Gasteiger partial charge in [0, 0.05) is 38.9 Å². The standard InChI is InChI=1S/C19H28N2O4/c1-15-5-6-17(13-16(15)2)19(23)21-8-4-7-20(9-10-21)18(22)14-25-12-11-24-3/h5-6,13H,4,7-12,14H2,1-3H3. The summed E-state index contributed by atoms with van der Waals surface area (Å²) in [7, 11) is 1.60. The molecular weight excluding hydrogens is 320 g/mol. The van der Waals surface area contributed by atoms with Crippen LogP contribution in [0.1, 0.15) is 27.9 Å². The van der Waals surface area contributed by atoms with Crippen molar-refractivity contribution in [3.63, 3.8) is 0 Å². The lowest BCUT2D eigenvalue weighted by atomic mass is 10.1. The van der Waals surface area contributed by atoms with Gasteiger partial charge in [0.15, 0.2) is 0 Å². The molecule has 0 atom stereocenters. The van der Waals surface area contributed by atoms with Crippen LogP contribution in [-0.2, 0) is 14.3 Å². The number of amides is 2. The van der Waals surface area contributed by atoms with Crippen LogP contribution in [-0.4, -0.2) is 74.7 Å². The summed E-state index contributed by atoms with van der Waals surface area (Å²) in [5.41, 5.74) is 3.01. The van der Waals surface area contributed by atoms with Crippen LogP contribution in [0.2, 0.25) is 0 Å². The fourth-order valence-electron chi connectivity index (χ4n) is 2.82. The zero-order valence-corrected chi connectivity index (χ0v) is 15.4. The van der Waals surface area contributed by atoms with Gasteiger partial charge in [0.05, 0.1) is 13.2 Å². The molecule has 2 rings (SSSR count). The molecule has 6 nitrogen and oxygen atoms in total. The van der Waals surface area contributed by atoms with Crippen molar-refractivity contribution >= 4 is 11.8 Å². The molecule has 0 aliphatic carbocycles. The molecule has 0 aromatic heterocycles. The Balaban J connectivity index is 1.88. The van der Waals surface area contributed by atoms with Crippen molar-refractivity contribution < 1.29 is 19.1 Å². The highest BCUT2D eigenvalue weighted by Crippen LogP contribution is 2.14. The van der Waals surface area contributed by atoms with E-state index in [4.69, 9.17) is 9.47 Å². The van der Waals surface area contributed by atoms with Crippen molar-refractivity contribution in [2.24, 2.45) is 0 Å². The van der Waals surface area contributed by atoms with Crippen LogP contribution in [0.25, 0.3) is 0 Å². The van der Waals surface area contributed by atoms with Crippen molar-refractivity contribution in [1.82, 2.24) is 9.80 Å². The van der Waals surface area contributed by atoms with Gasteiger partial charge in [-0.05, 0) is 43.5 Å². The lowest BCUT2D eigenvalue weighted by molar-refractivity contribution is -0.136. The van der Waals surface area contributed by atoms with E-state index in [0.717, 1.165) is 12.0 Å². The van der Waals surface area contributed by atoms with Gasteiger partial charge < -0.3 is 19.3 Å². The third-order valence-corrected chi connectivity index (χ3v) is 4.55. The van der Waals surface area contributed by atoms with Crippen molar-refractivity contribution in [3.05, 3.63) is 34.9 Å². The van der Waals surface area contributed by atoms with E-state index >= 15 is 0 Å². The number of hydrogen-bond donors (Lipinski definition) is 0. The average Bonchev–Trinajstić information content (AvgIpc) is 2.86. The number of carbonyl (C=O) groups excluding carboxylic acids is 2. The Kier molecular flexibility index (Phi) is 7.40. The molecule has 0 radical (unpaired) electrons. The molecule has 0 unspecified atom stereocenters. The van der Waals surface area contributed by atoms with Crippen LogP contribution in [0.4, 0.5) is 0 Å². The molecule has 0 N–H and O–H groups in total. The van der Waals surface area contributed by atoms with Crippen molar-refractivity contribution in [2.75, 3.05) is 53.1 Å². The van der Waals surface area contributed by atoms with Crippen molar-refractivity contribution in [1.29, 1.82) is 0 Å². The maximum Gasteiger partial charge on any atom is 0.253 e. The number of hydrogen-bond acceptors (Lipinski definition) is 4. The Morgan fingerprint density at radius 3 is 2.44 bits per heavy atom. The first kappa shape index (κ1) is 19.4. The Morgan fingerprint density at radius 1 is 1.00 bits per heavy atom. The van der Waals surface area contributed by atoms with Crippen molar-refractivity contribution in [2.45, 2.75) is 20.3 Å². The number of methoxy groups -OCH3 is 1. The van der Waals surface area contributed by atoms with Crippen LogP contribution < -0.4 is 0 Å². The molecule has 2 amide bonds. The molecular formula is C19H28N2O4. The van der Waals surface area contributed by atoms with E-state index in [-0.39, 0.29) is 18.4 Å². The highest BCUT2D eigenvalue weighted by atomic mass is 16.5. The van der Waals surface area contributed by atoms with Crippen LogP contribution in [0.15, 0.2) is 18.2 Å². The highest BCUT2D eigenvalue weighted by Gasteiger charge is 2.23. The molecule has 6 heteroatoms. The van der Waals surface area contributed by atoms with E-state index in [9.17, 15) is 9.59 Å². The third kappa shape index (κ3) is 5.54. The lowest BCUT2D eigenvalue weighted by Crippen LogP contribution is -2.39. The van der Waals surface area contributed by atoms with E-state index < -0.39 is 0 Å². The molecule has 1 aliphatic rings. The van der Waals surface area contributed by atoms with Gasteiger partial charge in [0.2, 0.25) is 5.91 Å². The van der Waals surface area contributed by atoms with E-state index in [0.29, 0.717) is 45.0 Å². The molecule has 138 valence electrons. The number of aryl methyl sites for hydroxylation is 2. The zero-order chi connectivity index (χ0) is 18.2. The van der Waals surface area contributed by atoms with Crippen LogP contribution in [0.3, 0.4) is 0 Å². The minimum atomic E-state index is -0.0309. The summed E-state index contributed by atoms with van der Waals surface area (Å²) in [4.78, 5) is 28.5. The molecule has 1 aliphatic heterocycles. The Bertz CT molecular complexity index is 603. The second kappa shape index (κ2) is 9.53. The maximum absolute atomic E-state index is 12.7. The smallest absolute Gasteiger partial charge is 0.253 e. The first-order valence-corrected chi connectivity index (χ1v) is 8.74. The third-order valence-electron chi connectivity index (χ3n) is 4.55. The SMILES string of the molecule is COCCOCC(=O)N1CCCN(C(=O)c2ccc(C)c(C)c2)CC1. The van der Waals surface area contributed by atoms with E-state index in [1.54, 1.807) is 12.0 Å². The number of ether oxygens (including phenoxy) is 2. The van der Waals surface area contributed by atoms with Gasteiger partial charge in [-0.3, -0.25) is 9.59 Å². The van der Waals surface area contributed by atoms with E-state index in [2.05, 4.69) is 0 Å². The molecule has 0 saturated carbocycles. The van der Waals surface area contributed by atoms with Gasteiger partial charge in [-0.1, -0.05) is 6.07 Å². The predicted molar refractivity (Wildman–Crippen MR) is 95.7 cm³/mol. The first-order valence-electron chi connectivity index (χ1n) is 8.74. The molecule has 0 spiro atoms. The normalized spacial score (nSPS) is 15.2. The van der Waals surface area contributed by atoms with Gasteiger partial charge in [0.25, 0.3) is 5.91 Å². The number of carbonyl (C=O) groups is 2. The lowest BCUT2D eigenvalue weighted by Gasteiger charge is -2.22.